The molecular formula is C20H23N5O3S. The van der Waals surface area contributed by atoms with Crippen LogP contribution in [-0.2, 0) is 11.1 Å². The molecule has 1 amide bonds. The van der Waals surface area contributed by atoms with Gasteiger partial charge in [0.25, 0.3) is 5.91 Å². The van der Waals surface area contributed by atoms with Gasteiger partial charge in [-0.25, -0.2) is 4.21 Å². The topological polar surface area (TPSA) is 133 Å². The van der Waals surface area contributed by atoms with Gasteiger partial charge in [0.05, 0.1) is 5.56 Å². The van der Waals surface area contributed by atoms with E-state index in [-0.39, 0.29) is 5.88 Å². The van der Waals surface area contributed by atoms with Crippen LogP contribution in [0.2, 0.25) is 0 Å². The molecule has 0 aliphatic carbocycles. The molecule has 0 saturated carbocycles. The summed E-state index contributed by atoms with van der Waals surface area (Å²) in [5, 5.41) is 14.7. The van der Waals surface area contributed by atoms with Crippen LogP contribution in [0.1, 0.15) is 34.8 Å². The van der Waals surface area contributed by atoms with Gasteiger partial charge in [0.1, 0.15) is 11.4 Å². The minimum Gasteiger partial charge on any atom is -0.372 e. The zero-order valence-electron chi connectivity index (χ0n) is 15.8. The molecule has 1 saturated heterocycles. The average molecular weight is 414 g/mol. The van der Waals surface area contributed by atoms with Crippen LogP contribution in [0.4, 0.5) is 5.69 Å². The van der Waals surface area contributed by atoms with E-state index < -0.39 is 17.0 Å². The van der Waals surface area contributed by atoms with Gasteiger partial charge in [-0.3, -0.25) is 9.89 Å². The summed E-state index contributed by atoms with van der Waals surface area (Å²) in [7, 11) is 0. The number of amides is 1. The molecule has 4 rings (SSSR count). The number of aromatic amines is 1. The predicted molar refractivity (Wildman–Crippen MR) is 114 cm³/mol. The quantitative estimate of drug-likeness (QED) is 0.394. The molecule has 3 aromatic rings. The van der Waals surface area contributed by atoms with Crippen molar-refractivity contribution in [1.29, 1.82) is 0 Å². The summed E-state index contributed by atoms with van der Waals surface area (Å²) < 4.78 is 19.9. The third-order valence-corrected chi connectivity index (χ3v) is 5.69. The van der Waals surface area contributed by atoms with Crippen LogP contribution >= 0.6 is 0 Å². The molecule has 2 heterocycles. The molecule has 152 valence electrons. The summed E-state index contributed by atoms with van der Waals surface area (Å²) in [6.45, 7) is 1.90. The van der Waals surface area contributed by atoms with Crippen LogP contribution in [0.15, 0.2) is 36.4 Å². The lowest BCUT2D eigenvalue weighted by molar-refractivity contribution is 0.100. The van der Waals surface area contributed by atoms with Crippen molar-refractivity contribution < 1.29 is 13.6 Å². The first-order valence-corrected chi connectivity index (χ1v) is 10.7. The SMILES string of the molecule is NC(=O)c1cc(-c2cccc(NCS(=O)O)c2)cc2c(C3CCNCC3)[nH]nc12. The molecule has 1 aliphatic rings. The summed E-state index contributed by atoms with van der Waals surface area (Å²) >= 11 is -1.94. The molecule has 0 bridgehead atoms. The molecule has 1 atom stereocenters. The Kier molecular flexibility index (Phi) is 5.61. The maximum atomic E-state index is 12.1. The van der Waals surface area contributed by atoms with Gasteiger partial charge in [-0.1, -0.05) is 12.1 Å². The Hall–Kier alpha value is -2.75. The molecule has 6 N–H and O–H groups in total. The number of hydrogen-bond donors (Lipinski definition) is 5. The van der Waals surface area contributed by atoms with Gasteiger partial charge in [0.15, 0.2) is 11.1 Å². The molecular weight excluding hydrogens is 390 g/mol. The Labute approximate surface area is 170 Å². The van der Waals surface area contributed by atoms with Gasteiger partial charge in [0, 0.05) is 22.7 Å². The number of primary amides is 1. The van der Waals surface area contributed by atoms with E-state index in [9.17, 15) is 9.00 Å². The Morgan fingerprint density at radius 3 is 2.76 bits per heavy atom. The van der Waals surface area contributed by atoms with E-state index >= 15 is 0 Å². The molecule has 1 unspecified atom stereocenters. The number of H-pyrrole nitrogens is 1. The second kappa shape index (κ2) is 8.32. The Balaban J connectivity index is 1.79. The zero-order chi connectivity index (χ0) is 20.4. The monoisotopic (exact) mass is 413 g/mol. The molecule has 29 heavy (non-hydrogen) atoms. The van der Waals surface area contributed by atoms with Crippen LogP contribution in [0.25, 0.3) is 22.0 Å². The first-order chi connectivity index (χ1) is 14.0. The number of aromatic nitrogens is 2. The van der Waals surface area contributed by atoms with Gasteiger partial charge in [-0.05, 0) is 61.3 Å². The Morgan fingerprint density at radius 1 is 1.24 bits per heavy atom. The van der Waals surface area contributed by atoms with Gasteiger partial charge in [-0.15, -0.1) is 0 Å². The van der Waals surface area contributed by atoms with Crippen molar-refractivity contribution >= 4 is 33.6 Å². The van der Waals surface area contributed by atoms with Crippen molar-refractivity contribution in [2.75, 3.05) is 24.3 Å². The van der Waals surface area contributed by atoms with Crippen molar-refractivity contribution in [2.45, 2.75) is 18.8 Å². The predicted octanol–water partition coefficient (Wildman–Crippen LogP) is 2.39. The summed E-state index contributed by atoms with van der Waals surface area (Å²) in [6.07, 6.45) is 2.01. The third kappa shape index (κ3) is 4.16. The van der Waals surface area contributed by atoms with Crippen LogP contribution in [0, 0.1) is 0 Å². The van der Waals surface area contributed by atoms with Crippen LogP contribution in [-0.4, -0.2) is 43.8 Å². The van der Waals surface area contributed by atoms with E-state index in [2.05, 4.69) is 20.8 Å². The number of nitrogens with one attached hydrogen (secondary N) is 3. The minimum absolute atomic E-state index is 0.0589. The molecule has 1 aromatic heterocycles. The van der Waals surface area contributed by atoms with Gasteiger partial charge < -0.3 is 20.9 Å². The Bertz CT molecular complexity index is 1080. The maximum absolute atomic E-state index is 12.1. The molecule has 8 nitrogen and oxygen atoms in total. The summed E-state index contributed by atoms with van der Waals surface area (Å²) in [6, 6.07) is 11.3. The number of rotatable bonds is 6. The molecule has 9 heteroatoms. The zero-order valence-corrected chi connectivity index (χ0v) is 16.6. The van der Waals surface area contributed by atoms with E-state index in [0.29, 0.717) is 17.0 Å². The first kappa shape index (κ1) is 19.6. The molecule has 2 aromatic carbocycles. The summed E-state index contributed by atoms with van der Waals surface area (Å²) in [5.41, 5.74) is 10.1. The van der Waals surface area contributed by atoms with E-state index in [1.54, 1.807) is 6.07 Å². The fraction of sp³-hybridized carbons (Fsp3) is 0.300. The second-order valence-corrected chi connectivity index (χ2v) is 8.10. The van der Waals surface area contributed by atoms with Crippen molar-refractivity contribution in [3.8, 4) is 11.1 Å². The van der Waals surface area contributed by atoms with Crippen LogP contribution < -0.4 is 16.4 Å². The molecule has 0 radical (unpaired) electrons. The largest absolute Gasteiger partial charge is 0.372 e. The number of piperidine rings is 1. The highest BCUT2D eigenvalue weighted by Gasteiger charge is 2.22. The van der Waals surface area contributed by atoms with E-state index in [1.807, 2.05) is 30.3 Å². The lowest BCUT2D eigenvalue weighted by atomic mass is 9.90. The van der Waals surface area contributed by atoms with Crippen molar-refractivity contribution in [1.82, 2.24) is 15.5 Å². The lowest BCUT2D eigenvalue weighted by Crippen LogP contribution is -2.26. The fourth-order valence-corrected chi connectivity index (χ4v) is 4.16. The fourth-order valence-electron chi connectivity index (χ4n) is 3.87. The second-order valence-electron chi connectivity index (χ2n) is 7.17. The van der Waals surface area contributed by atoms with Gasteiger partial charge in [0.2, 0.25) is 0 Å². The number of carbonyl (C=O) groups is 1. The highest BCUT2D eigenvalue weighted by atomic mass is 32.2. The number of hydrogen-bond acceptors (Lipinski definition) is 5. The van der Waals surface area contributed by atoms with E-state index in [0.717, 1.165) is 53.8 Å². The molecule has 1 aliphatic heterocycles. The third-order valence-electron chi connectivity index (χ3n) is 5.30. The number of anilines is 1. The number of carbonyl (C=O) groups excluding carboxylic acids is 1. The number of nitrogens with two attached hydrogens (primary N) is 1. The Morgan fingerprint density at radius 2 is 2.03 bits per heavy atom. The summed E-state index contributed by atoms with van der Waals surface area (Å²) in [5.74, 6) is -0.230. The number of benzene rings is 2. The van der Waals surface area contributed by atoms with Gasteiger partial charge >= 0.3 is 0 Å². The highest BCUT2D eigenvalue weighted by molar-refractivity contribution is 7.79. The lowest BCUT2D eigenvalue weighted by Gasteiger charge is -2.21. The minimum atomic E-state index is -1.94. The van der Waals surface area contributed by atoms with Gasteiger partial charge in [-0.2, -0.15) is 5.10 Å². The molecule has 0 spiro atoms. The van der Waals surface area contributed by atoms with Crippen molar-refractivity contribution in [2.24, 2.45) is 5.73 Å². The highest BCUT2D eigenvalue weighted by Crippen LogP contribution is 2.34. The smallest absolute Gasteiger partial charge is 0.251 e. The summed E-state index contributed by atoms with van der Waals surface area (Å²) in [4.78, 5) is 12.1. The maximum Gasteiger partial charge on any atom is 0.251 e. The van der Waals surface area contributed by atoms with Crippen LogP contribution in [0.3, 0.4) is 0 Å². The normalized spacial score (nSPS) is 16.0. The van der Waals surface area contributed by atoms with Crippen LogP contribution in [0.5, 0.6) is 0 Å². The van der Waals surface area contributed by atoms with Crippen molar-refractivity contribution in [3.63, 3.8) is 0 Å². The van der Waals surface area contributed by atoms with Crippen molar-refractivity contribution in [3.05, 3.63) is 47.7 Å². The van der Waals surface area contributed by atoms with E-state index in [4.69, 9.17) is 10.3 Å². The average Bonchev–Trinajstić information content (AvgIpc) is 3.16. The number of nitrogens with zero attached hydrogens (tertiary/aromatic N) is 1. The standard InChI is InChI=1S/C20H23N5O3S/c21-20(26)17-10-14(13-2-1-3-15(8-13)23-11-29(27)28)9-16-18(24-25-19(16)17)12-4-6-22-7-5-12/h1-3,8-10,12,22-23H,4-7,11H2,(H2,21,26)(H,24,25)(H,27,28). The first-order valence-electron chi connectivity index (χ1n) is 9.47. The number of fused-ring (bicyclic) bond motifs is 1. The molecule has 1 fully saturated rings. The van der Waals surface area contributed by atoms with E-state index in [1.165, 1.54) is 0 Å².